The monoisotopic (exact) mass is 572 g/mol. The summed E-state index contributed by atoms with van der Waals surface area (Å²) < 4.78 is 28.7. The molecule has 41 heavy (non-hydrogen) atoms. The first-order valence-corrected chi connectivity index (χ1v) is 14.4. The Hall–Kier alpha value is -3.03. The van der Waals surface area contributed by atoms with Gasteiger partial charge in [-0.2, -0.15) is 9.61 Å². The predicted octanol–water partition coefficient (Wildman–Crippen LogP) is 3.07. The molecular formula is C29H44N6O6. The molecule has 0 aliphatic carbocycles. The molecule has 0 bridgehead atoms. The van der Waals surface area contributed by atoms with Crippen LogP contribution in [0, 0.1) is 0 Å². The molecule has 1 fully saturated rings. The summed E-state index contributed by atoms with van der Waals surface area (Å²) >= 11 is 0. The quantitative estimate of drug-likeness (QED) is 0.173. The zero-order valence-electron chi connectivity index (χ0n) is 24.5. The second-order valence-corrected chi connectivity index (χ2v) is 9.91. The Balaban J connectivity index is 1.29. The van der Waals surface area contributed by atoms with Crippen molar-refractivity contribution in [3.8, 4) is 5.88 Å². The highest BCUT2D eigenvalue weighted by atomic mass is 16.7. The van der Waals surface area contributed by atoms with Gasteiger partial charge in [0.1, 0.15) is 18.2 Å². The highest BCUT2D eigenvalue weighted by molar-refractivity contribution is 5.61. The maximum atomic E-state index is 9.61. The van der Waals surface area contributed by atoms with E-state index >= 15 is 0 Å². The van der Waals surface area contributed by atoms with Gasteiger partial charge in [-0.25, -0.2) is 9.97 Å². The average Bonchev–Trinajstić information content (AvgIpc) is 3.43. The molecule has 1 aliphatic heterocycles. The molecule has 0 spiro atoms. The summed E-state index contributed by atoms with van der Waals surface area (Å²) in [4.78, 5) is 11.8. The van der Waals surface area contributed by atoms with Gasteiger partial charge in [-0.05, 0) is 37.7 Å². The zero-order chi connectivity index (χ0) is 28.9. The Kier molecular flexibility index (Phi) is 12.4. The van der Waals surface area contributed by atoms with Gasteiger partial charge in [0.25, 0.3) is 0 Å². The Morgan fingerprint density at radius 2 is 1.90 bits per heavy atom. The number of aryl methyl sites for hydroxylation is 1. The lowest BCUT2D eigenvalue weighted by Gasteiger charge is -2.36. The van der Waals surface area contributed by atoms with E-state index in [2.05, 4.69) is 33.3 Å². The SMILES string of the molecule is CCc1cnn2c(NCc3ccc(OCCOCCOCC(OC)OC)nc3)cc(N3CCCC[C@H]3CCO)nc12. The van der Waals surface area contributed by atoms with Gasteiger partial charge in [0.2, 0.25) is 5.88 Å². The van der Waals surface area contributed by atoms with E-state index in [4.69, 9.17) is 28.7 Å². The lowest BCUT2D eigenvalue weighted by atomic mass is 9.99. The number of methoxy groups -OCH3 is 2. The van der Waals surface area contributed by atoms with Crippen molar-refractivity contribution >= 4 is 17.3 Å². The van der Waals surface area contributed by atoms with Gasteiger partial charge in [-0.1, -0.05) is 13.0 Å². The van der Waals surface area contributed by atoms with E-state index in [1.54, 1.807) is 20.4 Å². The summed E-state index contributed by atoms with van der Waals surface area (Å²) in [5.41, 5.74) is 2.99. The number of rotatable bonds is 18. The van der Waals surface area contributed by atoms with Gasteiger partial charge < -0.3 is 39.0 Å². The number of aromatic nitrogens is 4. The molecule has 3 aromatic heterocycles. The third-order valence-electron chi connectivity index (χ3n) is 7.20. The summed E-state index contributed by atoms with van der Waals surface area (Å²) in [6, 6.07) is 6.22. The number of piperidine rings is 1. The molecule has 2 N–H and O–H groups in total. The second-order valence-electron chi connectivity index (χ2n) is 9.91. The molecule has 1 atom stereocenters. The number of anilines is 2. The fourth-order valence-electron chi connectivity index (χ4n) is 4.90. The number of fused-ring (bicyclic) bond motifs is 1. The van der Waals surface area contributed by atoms with Crippen molar-refractivity contribution in [2.45, 2.75) is 57.9 Å². The predicted molar refractivity (Wildman–Crippen MR) is 156 cm³/mol. The van der Waals surface area contributed by atoms with E-state index in [-0.39, 0.29) is 12.9 Å². The molecule has 0 unspecified atom stereocenters. The van der Waals surface area contributed by atoms with Crippen LogP contribution in [0.5, 0.6) is 5.88 Å². The first-order valence-electron chi connectivity index (χ1n) is 14.4. The van der Waals surface area contributed by atoms with Crippen LogP contribution >= 0.6 is 0 Å². The van der Waals surface area contributed by atoms with Gasteiger partial charge in [0.15, 0.2) is 11.9 Å². The van der Waals surface area contributed by atoms with Crippen molar-refractivity contribution in [1.82, 2.24) is 19.6 Å². The number of pyridine rings is 1. The van der Waals surface area contributed by atoms with Gasteiger partial charge in [-0.15, -0.1) is 0 Å². The lowest BCUT2D eigenvalue weighted by molar-refractivity contribution is -0.143. The Labute approximate surface area is 241 Å². The first kappa shape index (κ1) is 30.9. The number of hydrogen-bond donors (Lipinski definition) is 2. The van der Waals surface area contributed by atoms with Gasteiger partial charge >= 0.3 is 0 Å². The van der Waals surface area contributed by atoms with Crippen molar-refractivity contribution in [2.75, 3.05) is 70.6 Å². The third-order valence-corrected chi connectivity index (χ3v) is 7.20. The van der Waals surface area contributed by atoms with Crippen LogP contribution in [0.15, 0.2) is 30.6 Å². The van der Waals surface area contributed by atoms with Crippen LogP contribution in [0.25, 0.3) is 5.65 Å². The minimum absolute atomic E-state index is 0.182. The molecule has 0 amide bonds. The van der Waals surface area contributed by atoms with Gasteiger partial charge in [0.05, 0.1) is 32.6 Å². The highest BCUT2D eigenvalue weighted by Crippen LogP contribution is 2.29. The lowest BCUT2D eigenvalue weighted by Crippen LogP contribution is -2.40. The Morgan fingerprint density at radius 3 is 2.66 bits per heavy atom. The first-order chi connectivity index (χ1) is 20.2. The van der Waals surface area contributed by atoms with E-state index < -0.39 is 0 Å². The molecule has 226 valence electrons. The summed E-state index contributed by atoms with van der Waals surface area (Å²) in [6.07, 6.45) is 8.31. The van der Waals surface area contributed by atoms with E-state index in [9.17, 15) is 5.11 Å². The molecule has 0 radical (unpaired) electrons. The van der Waals surface area contributed by atoms with Crippen molar-refractivity contribution in [1.29, 1.82) is 0 Å². The number of aliphatic hydroxyl groups is 1. The van der Waals surface area contributed by atoms with E-state index in [1.165, 1.54) is 6.42 Å². The number of nitrogens with zero attached hydrogens (tertiary/aromatic N) is 5. The van der Waals surface area contributed by atoms with Crippen LogP contribution in [-0.2, 0) is 31.9 Å². The number of hydrogen-bond acceptors (Lipinski definition) is 11. The normalized spacial score (nSPS) is 15.6. The molecule has 3 aromatic rings. The van der Waals surface area contributed by atoms with Gasteiger partial charge in [0, 0.05) is 63.9 Å². The van der Waals surface area contributed by atoms with Crippen molar-refractivity contribution in [2.24, 2.45) is 0 Å². The van der Waals surface area contributed by atoms with E-state index in [0.717, 1.165) is 60.6 Å². The average molecular weight is 573 g/mol. The molecule has 1 saturated heterocycles. The molecule has 1 aliphatic rings. The molecule has 4 rings (SSSR count). The number of aliphatic hydroxyl groups excluding tert-OH is 1. The molecule has 4 heterocycles. The summed E-state index contributed by atoms with van der Waals surface area (Å²) in [5, 5.41) is 17.8. The van der Waals surface area contributed by atoms with Crippen molar-refractivity contribution in [3.05, 3.63) is 41.7 Å². The fraction of sp³-hybridized carbons (Fsp3) is 0.621. The van der Waals surface area contributed by atoms with Gasteiger partial charge in [-0.3, -0.25) is 0 Å². The smallest absolute Gasteiger partial charge is 0.213 e. The van der Waals surface area contributed by atoms with Crippen molar-refractivity contribution < 1.29 is 28.8 Å². The summed E-state index contributed by atoms with van der Waals surface area (Å²) in [5.74, 6) is 2.35. The number of ether oxygens (including phenoxy) is 5. The largest absolute Gasteiger partial charge is 0.475 e. The van der Waals surface area contributed by atoms with E-state index in [0.29, 0.717) is 51.5 Å². The molecule has 12 heteroatoms. The van der Waals surface area contributed by atoms with Crippen LogP contribution in [0.2, 0.25) is 0 Å². The molecule has 12 nitrogen and oxygen atoms in total. The van der Waals surface area contributed by atoms with Crippen LogP contribution in [-0.4, -0.2) is 97.4 Å². The molecular weight excluding hydrogens is 528 g/mol. The van der Waals surface area contributed by atoms with Crippen molar-refractivity contribution in [3.63, 3.8) is 0 Å². The molecule has 0 aromatic carbocycles. The Bertz CT molecular complexity index is 1170. The maximum Gasteiger partial charge on any atom is 0.213 e. The molecule has 0 saturated carbocycles. The third kappa shape index (κ3) is 8.73. The van der Waals surface area contributed by atoms with Crippen LogP contribution < -0.4 is 15.0 Å². The minimum Gasteiger partial charge on any atom is -0.475 e. The van der Waals surface area contributed by atoms with Crippen LogP contribution in [0.4, 0.5) is 11.6 Å². The minimum atomic E-state index is -0.366. The zero-order valence-corrected chi connectivity index (χ0v) is 24.5. The van der Waals surface area contributed by atoms with E-state index in [1.807, 2.05) is 22.8 Å². The van der Waals surface area contributed by atoms with Crippen LogP contribution in [0.3, 0.4) is 0 Å². The highest BCUT2D eigenvalue weighted by Gasteiger charge is 2.25. The van der Waals surface area contributed by atoms with Crippen LogP contribution in [0.1, 0.15) is 43.7 Å². The summed E-state index contributed by atoms with van der Waals surface area (Å²) in [7, 11) is 3.15. The topological polar surface area (TPSA) is 125 Å². The maximum absolute atomic E-state index is 9.61. The standard InChI is InChI=1S/C29H44N6O6/c1-4-23-20-32-35-25(17-26(33-29(23)35)34-11-6-5-7-24(34)10-12-36)30-18-22-8-9-27(31-19-22)41-16-15-39-13-14-40-21-28(37-2)38-3/h8-9,17,19-20,24,28,30,36H,4-7,10-16,18,21H2,1-3H3/t24-/m0/s1. The fourth-order valence-corrected chi connectivity index (χ4v) is 4.90. The Morgan fingerprint density at radius 1 is 1.07 bits per heavy atom. The number of nitrogens with one attached hydrogen (secondary N) is 1. The summed E-state index contributed by atoms with van der Waals surface area (Å²) in [6.45, 7) is 5.92. The second kappa shape index (κ2) is 16.4.